The van der Waals surface area contributed by atoms with Crippen molar-refractivity contribution in [3.63, 3.8) is 0 Å². The fourth-order valence-electron chi connectivity index (χ4n) is 6.06. The number of piperidine rings is 1. The summed E-state index contributed by atoms with van der Waals surface area (Å²) in [6.45, 7) is 4.39. The fourth-order valence-corrected chi connectivity index (χ4v) is 6.06. The molecule has 2 saturated heterocycles. The van der Waals surface area contributed by atoms with Crippen molar-refractivity contribution in [1.29, 1.82) is 0 Å². The predicted octanol–water partition coefficient (Wildman–Crippen LogP) is 3.72. The number of benzene rings is 1. The number of hydrogen-bond acceptors (Lipinski definition) is 3. The first-order valence-electron chi connectivity index (χ1n) is 11.1. The summed E-state index contributed by atoms with van der Waals surface area (Å²) < 4.78 is 44.0. The molecule has 4 fully saturated rings. The molecule has 5 nitrogen and oxygen atoms in total. The Kier molecular flexibility index (Phi) is 5.03. The first-order valence-corrected chi connectivity index (χ1v) is 11.1. The molecular weight excluding hydrogens is 409 g/mol. The largest absolute Gasteiger partial charge is 0.416 e. The van der Waals surface area contributed by atoms with Crippen molar-refractivity contribution in [2.75, 3.05) is 31.6 Å². The van der Waals surface area contributed by atoms with Crippen molar-refractivity contribution < 1.29 is 27.5 Å². The lowest BCUT2D eigenvalue weighted by molar-refractivity contribution is -0.138. The van der Waals surface area contributed by atoms with Crippen LogP contribution in [0, 0.1) is 42.4 Å². The molecule has 0 spiro atoms. The van der Waals surface area contributed by atoms with Crippen LogP contribution in [-0.4, -0.2) is 43.0 Å². The molecule has 0 unspecified atom stereocenters. The van der Waals surface area contributed by atoms with Crippen molar-refractivity contribution in [3.05, 3.63) is 29.3 Å². The second-order valence-corrected chi connectivity index (χ2v) is 9.68. The van der Waals surface area contributed by atoms with Gasteiger partial charge in [0, 0.05) is 31.1 Å². The van der Waals surface area contributed by atoms with Gasteiger partial charge in [-0.15, -0.1) is 0 Å². The molecule has 31 heavy (non-hydrogen) atoms. The second-order valence-electron chi connectivity index (χ2n) is 9.68. The molecule has 168 valence electrons. The van der Waals surface area contributed by atoms with Gasteiger partial charge in [-0.25, -0.2) is 0 Å². The standard InChI is InChI=1S/C23H27F3N2O3/c1-12-6-15(23(24,25)26)4-5-19(12)27-20(29)7-16-13-2-3-14(16)9-28(8-13)22(30)21-17-10-31-11-18(17)21/h4-6,13-14,16-18,21H,2-3,7-11H2,1H3,(H,27,29)/t13-,14-,17-,18-/m1/s1. The van der Waals surface area contributed by atoms with Crippen molar-refractivity contribution >= 4 is 17.5 Å². The maximum atomic E-state index is 12.9. The highest BCUT2D eigenvalue weighted by molar-refractivity contribution is 5.91. The number of carbonyl (C=O) groups is 2. The summed E-state index contributed by atoms with van der Waals surface area (Å²) in [6.07, 6.45) is -2.01. The topological polar surface area (TPSA) is 58.6 Å². The van der Waals surface area contributed by atoms with Crippen LogP contribution in [0.25, 0.3) is 0 Å². The number of aryl methyl sites for hydroxylation is 1. The van der Waals surface area contributed by atoms with E-state index in [1.807, 2.05) is 4.90 Å². The van der Waals surface area contributed by atoms with E-state index < -0.39 is 11.7 Å². The van der Waals surface area contributed by atoms with Crippen LogP contribution in [0.1, 0.15) is 30.4 Å². The lowest BCUT2D eigenvalue weighted by atomic mass is 9.82. The van der Waals surface area contributed by atoms with Gasteiger partial charge >= 0.3 is 6.18 Å². The van der Waals surface area contributed by atoms with E-state index in [0.29, 0.717) is 67.6 Å². The summed E-state index contributed by atoms with van der Waals surface area (Å²) in [5, 5.41) is 2.79. The summed E-state index contributed by atoms with van der Waals surface area (Å²) in [4.78, 5) is 27.6. The zero-order valence-electron chi connectivity index (χ0n) is 17.5. The summed E-state index contributed by atoms with van der Waals surface area (Å²) in [6, 6.07) is 3.37. The number of nitrogens with zero attached hydrogens (tertiary/aromatic N) is 1. The Morgan fingerprint density at radius 1 is 1.13 bits per heavy atom. The first-order chi connectivity index (χ1) is 14.7. The van der Waals surface area contributed by atoms with E-state index in [1.54, 1.807) is 6.92 Å². The second kappa shape index (κ2) is 7.50. The highest BCUT2D eigenvalue weighted by Gasteiger charge is 2.59. The first kappa shape index (κ1) is 20.8. The van der Waals surface area contributed by atoms with Crippen molar-refractivity contribution in [3.8, 4) is 0 Å². The number of nitrogens with one attached hydrogen (secondary N) is 1. The van der Waals surface area contributed by atoms with Crippen molar-refractivity contribution in [2.45, 2.75) is 32.4 Å². The van der Waals surface area contributed by atoms with Crippen LogP contribution >= 0.6 is 0 Å². The number of hydrogen-bond donors (Lipinski definition) is 1. The monoisotopic (exact) mass is 436 g/mol. The minimum atomic E-state index is -4.40. The minimum absolute atomic E-state index is 0.135. The molecule has 2 saturated carbocycles. The van der Waals surface area contributed by atoms with Gasteiger partial charge in [0.1, 0.15) is 0 Å². The van der Waals surface area contributed by atoms with Crippen LogP contribution in [0.4, 0.5) is 18.9 Å². The Morgan fingerprint density at radius 3 is 2.35 bits per heavy atom. The lowest BCUT2D eigenvalue weighted by Gasteiger charge is -2.38. The number of alkyl halides is 3. The van der Waals surface area contributed by atoms with Gasteiger partial charge in [-0.3, -0.25) is 9.59 Å². The van der Waals surface area contributed by atoms with E-state index in [1.165, 1.54) is 6.07 Å². The van der Waals surface area contributed by atoms with Gasteiger partial charge in [0.15, 0.2) is 0 Å². The molecule has 8 heteroatoms. The molecule has 2 bridgehead atoms. The molecule has 2 aliphatic heterocycles. The molecule has 1 aromatic carbocycles. The van der Waals surface area contributed by atoms with E-state index >= 15 is 0 Å². The average molecular weight is 436 g/mol. The number of halogens is 3. The van der Waals surface area contributed by atoms with Crippen molar-refractivity contribution in [2.24, 2.45) is 35.5 Å². The Balaban J connectivity index is 1.18. The Morgan fingerprint density at radius 2 is 1.77 bits per heavy atom. The quantitative estimate of drug-likeness (QED) is 0.783. The third kappa shape index (κ3) is 3.83. The molecule has 1 N–H and O–H groups in total. The van der Waals surface area contributed by atoms with Crippen LogP contribution in [-0.2, 0) is 20.5 Å². The van der Waals surface area contributed by atoms with E-state index in [4.69, 9.17) is 4.74 Å². The molecule has 0 radical (unpaired) electrons. The normalized spacial score (nSPS) is 33.9. The number of ether oxygens (including phenoxy) is 1. The molecule has 2 amide bonds. The predicted molar refractivity (Wildman–Crippen MR) is 107 cm³/mol. The number of rotatable bonds is 4. The summed E-state index contributed by atoms with van der Waals surface area (Å²) in [7, 11) is 0. The minimum Gasteiger partial charge on any atom is -0.381 e. The number of amides is 2. The molecule has 1 aromatic rings. The van der Waals surface area contributed by atoms with Crippen molar-refractivity contribution in [1.82, 2.24) is 4.90 Å². The molecule has 4 atom stereocenters. The zero-order valence-corrected chi connectivity index (χ0v) is 17.5. The fraction of sp³-hybridized carbons (Fsp3) is 0.652. The van der Waals surface area contributed by atoms with Gasteiger partial charge in [-0.1, -0.05) is 0 Å². The van der Waals surface area contributed by atoms with E-state index in [-0.39, 0.29) is 23.7 Å². The van der Waals surface area contributed by atoms with E-state index in [9.17, 15) is 22.8 Å². The molecule has 0 aromatic heterocycles. The summed E-state index contributed by atoms with van der Waals surface area (Å²) in [5.41, 5.74) is 0.0930. The van der Waals surface area contributed by atoms with Gasteiger partial charge < -0.3 is 15.0 Å². The van der Waals surface area contributed by atoms with Crippen LogP contribution in [0.2, 0.25) is 0 Å². The SMILES string of the molecule is Cc1cc(C(F)(F)F)ccc1NC(=O)CC1[C@@H]2CC[C@@H]1CN(C(=O)C1[C@@H]3COC[C@@H]13)C2. The summed E-state index contributed by atoms with van der Waals surface area (Å²) >= 11 is 0. The highest BCUT2D eigenvalue weighted by Crippen LogP contribution is 2.53. The number of fused-ring (bicyclic) bond motifs is 3. The van der Waals surface area contributed by atoms with Gasteiger partial charge in [0.25, 0.3) is 0 Å². The van der Waals surface area contributed by atoms with Crippen LogP contribution < -0.4 is 5.32 Å². The van der Waals surface area contributed by atoms with E-state index in [0.717, 1.165) is 25.0 Å². The molecule has 2 aliphatic carbocycles. The zero-order chi connectivity index (χ0) is 21.9. The Hall–Kier alpha value is -2.09. The van der Waals surface area contributed by atoms with Gasteiger partial charge in [-0.2, -0.15) is 13.2 Å². The molecule has 4 aliphatic rings. The Bertz CT molecular complexity index is 879. The number of carbonyl (C=O) groups excluding carboxylic acids is 2. The van der Waals surface area contributed by atoms with Crippen LogP contribution in [0.3, 0.4) is 0 Å². The Labute approximate surface area is 179 Å². The van der Waals surface area contributed by atoms with Gasteiger partial charge in [-0.05, 0) is 73.1 Å². The third-order valence-electron chi connectivity index (χ3n) is 7.83. The van der Waals surface area contributed by atoms with Crippen LogP contribution in [0.5, 0.6) is 0 Å². The van der Waals surface area contributed by atoms with E-state index in [2.05, 4.69) is 5.32 Å². The van der Waals surface area contributed by atoms with Gasteiger partial charge in [0.2, 0.25) is 11.8 Å². The number of likely N-dealkylation sites (tertiary alicyclic amines) is 1. The van der Waals surface area contributed by atoms with Crippen LogP contribution in [0.15, 0.2) is 18.2 Å². The van der Waals surface area contributed by atoms with Gasteiger partial charge in [0.05, 0.1) is 18.8 Å². The summed E-state index contributed by atoms with van der Waals surface area (Å²) in [5.74, 6) is 1.89. The average Bonchev–Trinajstić information content (AvgIpc) is 3.09. The number of anilines is 1. The maximum absolute atomic E-state index is 12.9. The molecule has 5 rings (SSSR count). The molecule has 2 heterocycles. The third-order valence-corrected chi connectivity index (χ3v) is 7.83. The highest BCUT2D eigenvalue weighted by atomic mass is 19.4. The maximum Gasteiger partial charge on any atom is 0.416 e. The lowest BCUT2D eigenvalue weighted by Crippen LogP contribution is -2.47. The smallest absolute Gasteiger partial charge is 0.381 e. The molecular formula is C23H27F3N2O3.